The molecule has 5 rings (SSSR count). The Labute approximate surface area is 244 Å². The average Bonchev–Trinajstić information content (AvgIpc) is 3.53. The van der Waals surface area contributed by atoms with Crippen LogP contribution in [0.15, 0.2) is 54.2 Å². The van der Waals surface area contributed by atoms with E-state index in [4.69, 9.17) is 18.9 Å². The molecule has 1 N–H and O–H groups in total. The number of aliphatic hydroxyl groups is 1. The third kappa shape index (κ3) is 5.45. The SMILES string of the molecule is COc1cc([C@@H]2C(=C(O)c3cnn(-c4ccccc4)c3C)C(=O)C(=O)N2CCCN2CCOCC2)cc(OC)c1OC. The highest BCUT2D eigenvalue weighted by molar-refractivity contribution is 6.46. The van der Waals surface area contributed by atoms with Gasteiger partial charge in [0.05, 0.1) is 69.3 Å². The number of benzene rings is 2. The molecular formula is C31H36N4O7. The van der Waals surface area contributed by atoms with E-state index >= 15 is 0 Å². The summed E-state index contributed by atoms with van der Waals surface area (Å²) in [7, 11) is 4.51. The lowest BCUT2D eigenvalue weighted by molar-refractivity contribution is -0.140. The minimum Gasteiger partial charge on any atom is -0.507 e. The molecule has 2 aromatic carbocycles. The predicted octanol–water partition coefficient (Wildman–Crippen LogP) is 3.35. The van der Waals surface area contributed by atoms with Gasteiger partial charge in [0.15, 0.2) is 11.5 Å². The number of carbonyl (C=O) groups is 2. The van der Waals surface area contributed by atoms with Gasteiger partial charge in [-0.15, -0.1) is 0 Å². The molecule has 2 aliphatic rings. The number of likely N-dealkylation sites (tertiary alicyclic amines) is 1. The predicted molar refractivity (Wildman–Crippen MR) is 155 cm³/mol. The first-order chi connectivity index (χ1) is 20.4. The van der Waals surface area contributed by atoms with Gasteiger partial charge in [-0.2, -0.15) is 5.10 Å². The summed E-state index contributed by atoms with van der Waals surface area (Å²) in [6.07, 6.45) is 2.15. The highest BCUT2D eigenvalue weighted by Crippen LogP contribution is 2.46. The van der Waals surface area contributed by atoms with Crippen LogP contribution >= 0.6 is 0 Å². The molecule has 11 nitrogen and oxygen atoms in total. The Bertz CT molecular complexity index is 1450. The number of para-hydroxylation sites is 1. The van der Waals surface area contributed by atoms with Crippen molar-refractivity contribution < 1.29 is 33.6 Å². The zero-order valence-corrected chi connectivity index (χ0v) is 24.3. The molecule has 1 atom stereocenters. The van der Waals surface area contributed by atoms with Gasteiger partial charge in [-0.05, 0) is 43.2 Å². The van der Waals surface area contributed by atoms with Crippen LogP contribution in [0.4, 0.5) is 0 Å². The molecule has 42 heavy (non-hydrogen) atoms. The third-order valence-corrected chi connectivity index (χ3v) is 7.79. The molecule has 2 fully saturated rings. The van der Waals surface area contributed by atoms with Crippen molar-refractivity contribution in [3.8, 4) is 22.9 Å². The molecule has 11 heteroatoms. The molecule has 0 unspecified atom stereocenters. The second-order valence-electron chi connectivity index (χ2n) is 10.1. The molecule has 0 spiro atoms. The molecule has 1 amide bonds. The van der Waals surface area contributed by atoms with E-state index in [0.717, 1.165) is 25.3 Å². The number of aromatic nitrogens is 2. The van der Waals surface area contributed by atoms with Gasteiger partial charge in [0.25, 0.3) is 11.7 Å². The Kier molecular flexibility index (Phi) is 8.79. The number of Topliss-reactive ketones (excluding diaryl/α,β-unsaturated/α-hetero) is 1. The lowest BCUT2D eigenvalue weighted by atomic mass is 9.94. The van der Waals surface area contributed by atoms with Gasteiger partial charge in [-0.3, -0.25) is 14.5 Å². The molecule has 0 radical (unpaired) electrons. The van der Waals surface area contributed by atoms with E-state index in [1.54, 1.807) is 16.8 Å². The van der Waals surface area contributed by atoms with Gasteiger partial charge >= 0.3 is 0 Å². The summed E-state index contributed by atoms with van der Waals surface area (Å²) >= 11 is 0. The Hall–Kier alpha value is -4.35. The van der Waals surface area contributed by atoms with Crippen molar-refractivity contribution in [1.29, 1.82) is 0 Å². The summed E-state index contributed by atoms with van der Waals surface area (Å²) in [4.78, 5) is 31.0. The summed E-state index contributed by atoms with van der Waals surface area (Å²) in [6, 6.07) is 12.0. The first-order valence-electron chi connectivity index (χ1n) is 13.9. The average molecular weight is 577 g/mol. The number of carbonyl (C=O) groups excluding carboxylic acids is 2. The third-order valence-electron chi connectivity index (χ3n) is 7.79. The fourth-order valence-electron chi connectivity index (χ4n) is 5.62. The molecule has 3 aromatic rings. The van der Waals surface area contributed by atoms with Crippen LogP contribution in [-0.4, -0.2) is 97.1 Å². The van der Waals surface area contributed by atoms with Crippen LogP contribution in [0.3, 0.4) is 0 Å². The van der Waals surface area contributed by atoms with Gasteiger partial charge < -0.3 is 29.0 Å². The summed E-state index contributed by atoms with van der Waals surface area (Å²) < 4.78 is 23.8. The molecule has 2 aliphatic heterocycles. The van der Waals surface area contributed by atoms with Gasteiger partial charge in [0, 0.05) is 26.2 Å². The molecule has 0 aliphatic carbocycles. The van der Waals surface area contributed by atoms with E-state index < -0.39 is 17.7 Å². The van der Waals surface area contributed by atoms with E-state index in [0.29, 0.717) is 60.2 Å². The Balaban J connectivity index is 1.59. The molecular weight excluding hydrogens is 540 g/mol. The fourth-order valence-corrected chi connectivity index (χ4v) is 5.62. The van der Waals surface area contributed by atoms with Crippen molar-refractivity contribution in [3.63, 3.8) is 0 Å². The van der Waals surface area contributed by atoms with Crippen LogP contribution in [0.25, 0.3) is 11.4 Å². The number of rotatable bonds is 10. The van der Waals surface area contributed by atoms with Crippen molar-refractivity contribution in [3.05, 3.63) is 71.1 Å². The van der Waals surface area contributed by atoms with Gasteiger partial charge in [0.1, 0.15) is 5.76 Å². The normalized spacial score (nSPS) is 18.9. The van der Waals surface area contributed by atoms with Crippen LogP contribution in [-0.2, 0) is 14.3 Å². The fraction of sp³-hybridized carbons (Fsp3) is 0.387. The number of hydrogen-bond acceptors (Lipinski definition) is 9. The number of hydrogen-bond donors (Lipinski definition) is 1. The van der Waals surface area contributed by atoms with Crippen molar-refractivity contribution in [2.24, 2.45) is 0 Å². The minimum absolute atomic E-state index is 0.0173. The van der Waals surface area contributed by atoms with Crippen molar-refractivity contribution >= 4 is 17.4 Å². The zero-order valence-electron chi connectivity index (χ0n) is 24.3. The van der Waals surface area contributed by atoms with Crippen LogP contribution in [0, 0.1) is 6.92 Å². The maximum Gasteiger partial charge on any atom is 0.295 e. The second kappa shape index (κ2) is 12.7. The zero-order chi connectivity index (χ0) is 29.8. The lowest BCUT2D eigenvalue weighted by Gasteiger charge is -2.29. The minimum atomic E-state index is -0.886. The standard InChI is InChI=1S/C31H36N4O7/c1-20-23(19-32-35(20)22-9-6-5-7-10-22)28(36)26-27(21-17-24(39-2)30(41-4)25(18-21)40-3)34(31(38)29(26)37)12-8-11-33-13-15-42-16-14-33/h5-7,9-10,17-19,27,36H,8,11-16H2,1-4H3/t27-/m1/s1. The van der Waals surface area contributed by atoms with E-state index in [1.165, 1.54) is 32.4 Å². The number of aliphatic hydroxyl groups excluding tert-OH is 1. The Morgan fingerprint density at radius 3 is 2.29 bits per heavy atom. The van der Waals surface area contributed by atoms with E-state index in [-0.39, 0.29) is 11.3 Å². The van der Waals surface area contributed by atoms with Crippen LogP contribution in [0.5, 0.6) is 17.2 Å². The van der Waals surface area contributed by atoms with Gasteiger partial charge in [0.2, 0.25) is 5.75 Å². The first kappa shape index (κ1) is 29.2. The molecule has 0 saturated carbocycles. The van der Waals surface area contributed by atoms with E-state index in [2.05, 4.69) is 10.00 Å². The Morgan fingerprint density at radius 2 is 1.67 bits per heavy atom. The number of nitrogens with zero attached hydrogens (tertiary/aromatic N) is 4. The van der Waals surface area contributed by atoms with Gasteiger partial charge in [-0.1, -0.05) is 18.2 Å². The highest BCUT2D eigenvalue weighted by atomic mass is 16.5. The molecule has 3 heterocycles. The van der Waals surface area contributed by atoms with Crippen molar-refractivity contribution in [2.75, 3.05) is 60.7 Å². The first-order valence-corrected chi connectivity index (χ1v) is 13.9. The maximum absolute atomic E-state index is 13.6. The topological polar surface area (TPSA) is 116 Å². The quantitative estimate of drug-likeness (QED) is 0.220. The van der Waals surface area contributed by atoms with Crippen LogP contribution in [0.2, 0.25) is 0 Å². The smallest absolute Gasteiger partial charge is 0.295 e. The van der Waals surface area contributed by atoms with Crippen molar-refractivity contribution in [2.45, 2.75) is 19.4 Å². The summed E-state index contributed by atoms with van der Waals surface area (Å²) in [5, 5.41) is 16.2. The number of ether oxygens (including phenoxy) is 4. The van der Waals surface area contributed by atoms with Gasteiger partial charge in [-0.25, -0.2) is 4.68 Å². The molecule has 0 bridgehead atoms. The van der Waals surface area contributed by atoms with E-state index in [1.807, 2.05) is 37.3 Å². The maximum atomic E-state index is 13.6. The lowest BCUT2D eigenvalue weighted by Crippen LogP contribution is -2.39. The van der Waals surface area contributed by atoms with Crippen molar-refractivity contribution in [1.82, 2.24) is 19.6 Å². The molecule has 2 saturated heterocycles. The summed E-state index contributed by atoms with van der Waals surface area (Å²) in [5.41, 5.74) is 2.32. The second-order valence-corrected chi connectivity index (χ2v) is 10.1. The number of methoxy groups -OCH3 is 3. The summed E-state index contributed by atoms with van der Waals surface area (Å²) in [5.74, 6) is -0.594. The molecule has 222 valence electrons. The highest BCUT2D eigenvalue weighted by Gasteiger charge is 2.46. The Morgan fingerprint density at radius 1 is 1.00 bits per heavy atom. The number of amides is 1. The monoisotopic (exact) mass is 576 g/mol. The van der Waals surface area contributed by atoms with Crippen LogP contribution < -0.4 is 14.2 Å². The largest absolute Gasteiger partial charge is 0.507 e. The number of morpholine rings is 1. The van der Waals surface area contributed by atoms with Crippen LogP contribution in [0.1, 0.15) is 29.3 Å². The number of ketones is 1. The molecule has 1 aromatic heterocycles. The van der Waals surface area contributed by atoms with E-state index in [9.17, 15) is 14.7 Å². The summed E-state index contributed by atoms with van der Waals surface area (Å²) in [6.45, 7) is 5.85.